The first-order valence-electron chi connectivity index (χ1n) is 8.88. The zero-order valence-electron chi connectivity index (χ0n) is 15.9. The van der Waals surface area contributed by atoms with E-state index in [2.05, 4.69) is 35.8 Å². The van der Waals surface area contributed by atoms with Gasteiger partial charge in [-0.25, -0.2) is 0 Å². The van der Waals surface area contributed by atoms with Crippen molar-refractivity contribution in [3.05, 3.63) is 60.4 Å². The Hall–Kier alpha value is -3.44. The third-order valence-corrected chi connectivity index (χ3v) is 5.75. The molecule has 2 aromatic carbocycles. The summed E-state index contributed by atoms with van der Waals surface area (Å²) in [6.07, 6.45) is 0. The molecular weight excluding hydrogens is 420 g/mol. The molecule has 2 aromatic heterocycles. The van der Waals surface area contributed by atoms with Crippen LogP contribution in [0.2, 0.25) is 0 Å². The predicted octanol–water partition coefficient (Wildman–Crippen LogP) is 4.09. The van der Waals surface area contributed by atoms with E-state index in [4.69, 9.17) is 10.5 Å². The summed E-state index contributed by atoms with van der Waals surface area (Å²) in [6.45, 7) is 0. The van der Waals surface area contributed by atoms with Gasteiger partial charge in [-0.3, -0.25) is 0 Å². The van der Waals surface area contributed by atoms with Crippen molar-refractivity contribution in [1.29, 1.82) is 0 Å². The van der Waals surface area contributed by atoms with Gasteiger partial charge in [0, 0.05) is 17.4 Å². The first-order chi connectivity index (χ1) is 14.7. The lowest BCUT2D eigenvalue weighted by molar-refractivity contribution is 0.415. The van der Waals surface area contributed by atoms with E-state index in [1.54, 1.807) is 7.11 Å². The number of benzene rings is 2. The number of nitrogens with two attached hydrogens (primary N) is 1. The molecule has 0 bridgehead atoms. The molecule has 4 N–H and O–H groups in total. The maximum atomic E-state index is 5.84. The number of hydrogen-bond donors (Lipinski definition) is 3. The SMILES string of the molecule is COc1cccc(Nc2nnc(SCc3nc(N)nc(Nc4ccccc4)n3)s2)c1. The molecule has 2 heterocycles. The standard InChI is InChI=1S/C19H18N8OS2/c1-28-14-9-5-8-13(10-14)22-18-26-27-19(30-18)29-11-15-23-16(20)25-17(24-15)21-12-6-3-2-4-7-12/h2-10H,11H2,1H3,(H,22,26)(H3,20,21,23,24,25). The van der Waals surface area contributed by atoms with Crippen molar-refractivity contribution in [3.8, 4) is 5.75 Å². The van der Waals surface area contributed by atoms with Crippen LogP contribution in [0.4, 0.5) is 28.4 Å². The van der Waals surface area contributed by atoms with Gasteiger partial charge in [0.2, 0.25) is 17.0 Å². The van der Waals surface area contributed by atoms with Crippen LogP contribution in [0, 0.1) is 0 Å². The van der Waals surface area contributed by atoms with Crippen LogP contribution in [-0.4, -0.2) is 32.3 Å². The molecule has 0 radical (unpaired) electrons. The van der Waals surface area contributed by atoms with Crippen LogP contribution in [0.15, 0.2) is 58.9 Å². The Morgan fingerprint density at radius 1 is 0.967 bits per heavy atom. The van der Waals surface area contributed by atoms with Crippen molar-refractivity contribution < 1.29 is 4.74 Å². The summed E-state index contributed by atoms with van der Waals surface area (Å²) in [5.74, 6) is 2.39. The van der Waals surface area contributed by atoms with Gasteiger partial charge in [-0.1, -0.05) is 47.4 Å². The van der Waals surface area contributed by atoms with E-state index in [1.807, 2.05) is 54.6 Å². The minimum atomic E-state index is 0.164. The molecule has 0 atom stereocenters. The molecule has 0 unspecified atom stereocenters. The second-order valence-electron chi connectivity index (χ2n) is 5.94. The lowest BCUT2D eigenvalue weighted by Crippen LogP contribution is -2.06. The van der Waals surface area contributed by atoms with E-state index in [9.17, 15) is 0 Å². The van der Waals surface area contributed by atoms with Crippen molar-refractivity contribution in [3.63, 3.8) is 0 Å². The summed E-state index contributed by atoms with van der Waals surface area (Å²) >= 11 is 2.92. The van der Waals surface area contributed by atoms with Gasteiger partial charge in [0.1, 0.15) is 11.6 Å². The minimum absolute atomic E-state index is 0.164. The summed E-state index contributed by atoms with van der Waals surface area (Å²) in [4.78, 5) is 12.8. The third-order valence-electron chi connectivity index (χ3n) is 3.78. The van der Waals surface area contributed by atoms with Crippen molar-refractivity contribution in [1.82, 2.24) is 25.1 Å². The second kappa shape index (κ2) is 9.37. The van der Waals surface area contributed by atoms with Crippen molar-refractivity contribution >= 4 is 51.5 Å². The third kappa shape index (κ3) is 5.33. The zero-order chi connectivity index (χ0) is 20.8. The number of rotatable bonds is 8. The van der Waals surface area contributed by atoms with Crippen LogP contribution < -0.4 is 21.1 Å². The van der Waals surface area contributed by atoms with Crippen molar-refractivity contribution in [2.75, 3.05) is 23.5 Å². The van der Waals surface area contributed by atoms with E-state index in [1.165, 1.54) is 23.1 Å². The molecule has 0 aliphatic heterocycles. The number of thioether (sulfide) groups is 1. The van der Waals surface area contributed by atoms with Crippen molar-refractivity contribution in [2.45, 2.75) is 10.1 Å². The highest BCUT2D eigenvalue weighted by molar-refractivity contribution is 8.00. The fraction of sp³-hybridized carbons (Fsp3) is 0.105. The summed E-state index contributed by atoms with van der Waals surface area (Å²) in [7, 11) is 1.63. The zero-order valence-corrected chi connectivity index (χ0v) is 17.6. The molecule has 0 fully saturated rings. The highest BCUT2D eigenvalue weighted by atomic mass is 32.2. The van der Waals surface area contributed by atoms with Crippen molar-refractivity contribution in [2.24, 2.45) is 0 Å². The summed E-state index contributed by atoms with van der Waals surface area (Å²) in [5, 5.41) is 15.4. The molecule has 9 nitrogen and oxygen atoms in total. The Bertz CT molecular complexity index is 1120. The fourth-order valence-corrected chi connectivity index (χ4v) is 4.11. The van der Waals surface area contributed by atoms with Gasteiger partial charge in [0.15, 0.2) is 4.34 Å². The first kappa shape index (κ1) is 19.9. The average Bonchev–Trinajstić information content (AvgIpc) is 3.20. The van der Waals surface area contributed by atoms with E-state index in [0.717, 1.165) is 21.5 Å². The Balaban J connectivity index is 1.39. The molecule has 0 saturated heterocycles. The lowest BCUT2D eigenvalue weighted by atomic mass is 10.3. The van der Waals surface area contributed by atoms with E-state index < -0.39 is 0 Å². The van der Waals surface area contributed by atoms with Gasteiger partial charge in [0.05, 0.1) is 12.9 Å². The van der Waals surface area contributed by atoms with E-state index in [0.29, 0.717) is 22.7 Å². The molecule has 11 heteroatoms. The summed E-state index contributed by atoms with van der Waals surface area (Å²) in [5.41, 5.74) is 7.59. The van der Waals surface area contributed by atoms with E-state index in [-0.39, 0.29) is 5.95 Å². The number of hydrogen-bond acceptors (Lipinski definition) is 11. The van der Waals surface area contributed by atoms with Crippen LogP contribution in [-0.2, 0) is 5.75 Å². The number of methoxy groups -OCH3 is 1. The van der Waals surface area contributed by atoms with Gasteiger partial charge < -0.3 is 21.1 Å². The number of ether oxygens (including phenoxy) is 1. The topological polar surface area (TPSA) is 124 Å². The molecule has 0 spiro atoms. The molecule has 0 amide bonds. The van der Waals surface area contributed by atoms with Crippen LogP contribution in [0.1, 0.15) is 5.82 Å². The molecule has 0 saturated carbocycles. The highest BCUT2D eigenvalue weighted by Crippen LogP contribution is 2.30. The number of aromatic nitrogens is 5. The number of nitrogens with one attached hydrogen (secondary N) is 2. The summed E-state index contributed by atoms with van der Waals surface area (Å²) < 4.78 is 6.02. The predicted molar refractivity (Wildman–Crippen MR) is 120 cm³/mol. The number of anilines is 5. The molecule has 0 aliphatic rings. The van der Waals surface area contributed by atoms with E-state index >= 15 is 0 Å². The minimum Gasteiger partial charge on any atom is -0.497 e. The Morgan fingerprint density at radius 2 is 1.80 bits per heavy atom. The second-order valence-corrected chi connectivity index (χ2v) is 8.14. The van der Waals surface area contributed by atoms with Gasteiger partial charge in [-0.2, -0.15) is 15.0 Å². The Labute approximate surface area is 181 Å². The monoisotopic (exact) mass is 438 g/mol. The molecule has 30 heavy (non-hydrogen) atoms. The van der Waals surface area contributed by atoms with Crippen LogP contribution >= 0.6 is 23.1 Å². The Kier molecular flexibility index (Phi) is 6.20. The molecule has 4 rings (SSSR count). The van der Waals surface area contributed by atoms with Gasteiger partial charge in [-0.05, 0) is 24.3 Å². The Morgan fingerprint density at radius 3 is 2.63 bits per heavy atom. The first-order valence-corrected chi connectivity index (χ1v) is 10.7. The van der Waals surface area contributed by atoms with Crippen LogP contribution in [0.25, 0.3) is 0 Å². The maximum Gasteiger partial charge on any atom is 0.232 e. The summed E-state index contributed by atoms with van der Waals surface area (Å²) in [6, 6.07) is 17.3. The van der Waals surface area contributed by atoms with Gasteiger partial charge in [0.25, 0.3) is 0 Å². The van der Waals surface area contributed by atoms with Gasteiger partial charge in [-0.15, -0.1) is 10.2 Å². The number of nitrogen functional groups attached to an aromatic ring is 1. The average molecular weight is 439 g/mol. The molecule has 152 valence electrons. The maximum absolute atomic E-state index is 5.84. The number of para-hydroxylation sites is 1. The fourth-order valence-electron chi connectivity index (χ4n) is 2.48. The highest BCUT2D eigenvalue weighted by Gasteiger charge is 2.10. The number of nitrogens with zero attached hydrogens (tertiary/aromatic N) is 5. The molecular formula is C19H18N8OS2. The van der Waals surface area contributed by atoms with Gasteiger partial charge >= 0.3 is 0 Å². The lowest BCUT2D eigenvalue weighted by Gasteiger charge is -2.06. The van der Waals surface area contributed by atoms with Crippen LogP contribution in [0.5, 0.6) is 5.75 Å². The quantitative estimate of drug-likeness (QED) is 0.346. The largest absolute Gasteiger partial charge is 0.497 e. The molecule has 0 aliphatic carbocycles. The smallest absolute Gasteiger partial charge is 0.232 e. The van der Waals surface area contributed by atoms with Crippen LogP contribution in [0.3, 0.4) is 0 Å². The molecule has 4 aromatic rings. The normalized spacial score (nSPS) is 10.6.